The second-order valence-corrected chi connectivity index (χ2v) is 7.62. The number of halogens is 1. The van der Waals surface area contributed by atoms with Crippen molar-refractivity contribution in [3.05, 3.63) is 45.2 Å². The van der Waals surface area contributed by atoms with Crippen molar-refractivity contribution in [1.29, 1.82) is 0 Å². The predicted molar refractivity (Wildman–Crippen MR) is 101 cm³/mol. The molecule has 0 aliphatic carbocycles. The average molecular weight is 438 g/mol. The van der Waals surface area contributed by atoms with Gasteiger partial charge in [-0.25, -0.2) is 10.5 Å². The minimum absolute atomic E-state index is 0.205. The van der Waals surface area contributed by atoms with Crippen LogP contribution in [0.3, 0.4) is 0 Å². The van der Waals surface area contributed by atoms with Gasteiger partial charge in [0.05, 0.1) is 16.1 Å². The van der Waals surface area contributed by atoms with Crippen molar-refractivity contribution in [3.63, 3.8) is 0 Å². The molecule has 1 aromatic carbocycles. The molecular formula is C16H16BrN5O3S. The highest BCUT2D eigenvalue weighted by atomic mass is 79.9. The number of amides is 1. The Hall–Kier alpha value is -2.30. The van der Waals surface area contributed by atoms with E-state index in [1.165, 1.54) is 11.3 Å². The van der Waals surface area contributed by atoms with Crippen LogP contribution in [0.5, 0.6) is 0 Å². The zero-order valence-corrected chi connectivity index (χ0v) is 16.5. The fourth-order valence-corrected chi connectivity index (χ4v) is 3.26. The van der Waals surface area contributed by atoms with Gasteiger partial charge in [-0.1, -0.05) is 28.6 Å². The molecule has 0 unspecified atom stereocenters. The lowest BCUT2D eigenvalue weighted by molar-refractivity contribution is 0.0936. The SMILES string of the molecule is Cc1nc(-c2cccc(C(=O)NCCONc3nc(C)c(Br)s3)c2)no1. The first-order valence-corrected chi connectivity index (χ1v) is 9.33. The quantitative estimate of drug-likeness (QED) is 0.431. The number of carbonyl (C=O) groups is 1. The Bertz CT molecular complexity index is 891. The maximum Gasteiger partial charge on any atom is 0.251 e. The highest BCUT2D eigenvalue weighted by Gasteiger charge is 2.10. The van der Waals surface area contributed by atoms with E-state index >= 15 is 0 Å². The molecule has 2 aromatic heterocycles. The Kier molecular flexibility index (Phi) is 5.96. The Labute approximate surface area is 162 Å². The summed E-state index contributed by atoms with van der Waals surface area (Å²) in [7, 11) is 0. The summed E-state index contributed by atoms with van der Waals surface area (Å²) in [6.45, 7) is 4.26. The molecule has 0 bridgehead atoms. The summed E-state index contributed by atoms with van der Waals surface area (Å²) < 4.78 is 5.92. The number of carbonyl (C=O) groups excluding carboxylic acids is 1. The van der Waals surface area contributed by atoms with Crippen molar-refractivity contribution >= 4 is 38.3 Å². The molecule has 0 aliphatic heterocycles. The van der Waals surface area contributed by atoms with Crippen LogP contribution in [0, 0.1) is 13.8 Å². The molecular weight excluding hydrogens is 422 g/mol. The summed E-state index contributed by atoms with van der Waals surface area (Å²) in [6, 6.07) is 7.04. The molecule has 2 N–H and O–H groups in total. The molecule has 1 amide bonds. The van der Waals surface area contributed by atoms with E-state index in [9.17, 15) is 4.79 Å². The van der Waals surface area contributed by atoms with Gasteiger partial charge in [-0.3, -0.25) is 9.63 Å². The summed E-state index contributed by atoms with van der Waals surface area (Å²) in [6.07, 6.45) is 0. The maximum atomic E-state index is 12.2. The van der Waals surface area contributed by atoms with Gasteiger partial charge >= 0.3 is 0 Å². The van der Waals surface area contributed by atoms with Crippen LogP contribution in [0.4, 0.5) is 5.13 Å². The zero-order chi connectivity index (χ0) is 18.5. The number of nitrogens with one attached hydrogen (secondary N) is 2. The summed E-state index contributed by atoms with van der Waals surface area (Å²) in [5.41, 5.74) is 4.88. The van der Waals surface area contributed by atoms with Gasteiger partial charge < -0.3 is 9.84 Å². The summed E-state index contributed by atoms with van der Waals surface area (Å²) in [5.74, 6) is 0.722. The number of rotatable bonds is 7. The number of hydrogen-bond donors (Lipinski definition) is 2. The largest absolute Gasteiger partial charge is 0.350 e. The van der Waals surface area contributed by atoms with E-state index < -0.39 is 0 Å². The summed E-state index contributed by atoms with van der Waals surface area (Å²) in [5, 5.41) is 7.30. The predicted octanol–water partition coefficient (Wildman–Crippen LogP) is 3.35. The highest BCUT2D eigenvalue weighted by Crippen LogP contribution is 2.27. The minimum Gasteiger partial charge on any atom is -0.350 e. The first-order valence-electron chi connectivity index (χ1n) is 7.72. The Morgan fingerprint density at radius 3 is 2.88 bits per heavy atom. The van der Waals surface area contributed by atoms with E-state index in [2.05, 4.69) is 41.9 Å². The Morgan fingerprint density at radius 1 is 1.35 bits per heavy atom. The molecule has 0 saturated carbocycles. The molecule has 0 saturated heterocycles. The third-order valence-corrected chi connectivity index (χ3v) is 5.20. The Balaban J connectivity index is 1.47. The van der Waals surface area contributed by atoms with Crippen molar-refractivity contribution in [3.8, 4) is 11.4 Å². The zero-order valence-electron chi connectivity index (χ0n) is 14.1. The van der Waals surface area contributed by atoms with Crippen LogP contribution in [-0.4, -0.2) is 34.2 Å². The van der Waals surface area contributed by atoms with Gasteiger partial charge in [-0.2, -0.15) is 4.98 Å². The van der Waals surface area contributed by atoms with Gasteiger partial charge in [0.1, 0.15) is 0 Å². The van der Waals surface area contributed by atoms with Gasteiger partial charge in [0, 0.05) is 24.6 Å². The lowest BCUT2D eigenvalue weighted by Gasteiger charge is -2.07. The topological polar surface area (TPSA) is 102 Å². The molecule has 0 radical (unpaired) electrons. The maximum absolute atomic E-state index is 12.2. The van der Waals surface area contributed by atoms with Crippen molar-refractivity contribution in [2.75, 3.05) is 18.6 Å². The molecule has 3 aromatic rings. The van der Waals surface area contributed by atoms with Crippen LogP contribution >= 0.6 is 27.3 Å². The summed E-state index contributed by atoms with van der Waals surface area (Å²) in [4.78, 5) is 26.0. The lowest BCUT2D eigenvalue weighted by Crippen LogP contribution is -2.27. The van der Waals surface area contributed by atoms with E-state index in [1.807, 2.05) is 13.0 Å². The monoisotopic (exact) mass is 437 g/mol. The van der Waals surface area contributed by atoms with Crippen LogP contribution in [0.15, 0.2) is 32.6 Å². The van der Waals surface area contributed by atoms with Crippen LogP contribution < -0.4 is 10.8 Å². The average Bonchev–Trinajstić information content (AvgIpc) is 3.20. The van der Waals surface area contributed by atoms with E-state index in [0.717, 1.165) is 15.0 Å². The van der Waals surface area contributed by atoms with E-state index in [1.54, 1.807) is 25.1 Å². The van der Waals surface area contributed by atoms with Crippen LogP contribution in [0.2, 0.25) is 0 Å². The number of anilines is 1. The standard InChI is InChI=1S/C16H16BrN5O3S/c1-9-13(17)26-16(19-9)22-24-7-6-18-15(23)12-5-3-4-11(8-12)14-20-10(2)25-21-14/h3-5,8H,6-7H2,1-2H3,(H,18,23)(H,19,22). The number of hydrogen-bond acceptors (Lipinski definition) is 8. The van der Waals surface area contributed by atoms with E-state index in [0.29, 0.717) is 35.6 Å². The van der Waals surface area contributed by atoms with Gasteiger partial charge in [0.25, 0.3) is 5.91 Å². The molecule has 2 heterocycles. The van der Waals surface area contributed by atoms with Crippen molar-refractivity contribution < 1.29 is 14.2 Å². The van der Waals surface area contributed by atoms with Crippen LogP contribution in [0.1, 0.15) is 21.9 Å². The molecule has 8 nitrogen and oxygen atoms in total. The third-order valence-electron chi connectivity index (χ3n) is 3.30. The highest BCUT2D eigenvalue weighted by molar-refractivity contribution is 9.11. The number of benzene rings is 1. The lowest BCUT2D eigenvalue weighted by atomic mass is 10.1. The normalized spacial score (nSPS) is 10.7. The van der Waals surface area contributed by atoms with Gasteiger partial charge in [0.15, 0.2) is 0 Å². The molecule has 0 spiro atoms. The minimum atomic E-state index is -0.205. The smallest absolute Gasteiger partial charge is 0.251 e. The van der Waals surface area contributed by atoms with Gasteiger partial charge in [-0.05, 0) is 35.0 Å². The third kappa shape index (κ3) is 4.65. The molecule has 3 rings (SSSR count). The molecule has 0 fully saturated rings. The second-order valence-electron chi connectivity index (χ2n) is 5.30. The van der Waals surface area contributed by atoms with Gasteiger partial charge in [0.2, 0.25) is 16.8 Å². The van der Waals surface area contributed by atoms with E-state index in [4.69, 9.17) is 9.36 Å². The van der Waals surface area contributed by atoms with Crippen molar-refractivity contribution in [2.24, 2.45) is 0 Å². The molecule has 10 heteroatoms. The van der Waals surface area contributed by atoms with E-state index in [-0.39, 0.29) is 5.91 Å². The van der Waals surface area contributed by atoms with Gasteiger partial charge in [-0.15, -0.1) is 0 Å². The summed E-state index contributed by atoms with van der Waals surface area (Å²) >= 11 is 4.84. The number of nitrogens with zero attached hydrogens (tertiary/aromatic N) is 3. The second kappa shape index (κ2) is 8.39. The number of thiazole rings is 1. The van der Waals surface area contributed by atoms with Crippen LogP contribution in [-0.2, 0) is 4.84 Å². The first-order chi connectivity index (χ1) is 12.5. The molecule has 0 aliphatic rings. The fraction of sp³-hybridized carbons (Fsp3) is 0.250. The fourth-order valence-electron chi connectivity index (χ4n) is 2.07. The molecule has 0 atom stereocenters. The van der Waals surface area contributed by atoms with Crippen molar-refractivity contribution in [1.82, 2.24) is 20.4 Å². The first kappa shape index (κ1) is 18.5. The Morgan fingerprint density at radius 2 is 2.19 bits per heavy atom. The molecule has 136 valence electrons. The molecule has 26 heavy (non-hydrogen) atoms. The van der Waals surface area contributed by atoms with Crippen molar-refractivity contribution in [2.45, 2.75) is 13.8 Å². The number of aromatic nitrogens is 3. The van der Waals surface area contributed by atoms with Crippen LogP contribution in [0.25, 0.3) is 11.4 Å². The number of aryl methyl sites for hydroxylation is 2.